The largest absolute Gasteiger partial charge is 0.507 e. The van der Waals surface area contributed by atoms with Gasteiger partial charge in [0.05, 0.1) is 17.4 Å². The lowest BCUT2D eigenvalue weighted by Crippen LogP contribution is -2.50. The molecule has 1 fully saturated rings. The van der Waals surface area contributed by atoms with E-state index in [9.17, 15) is 5.11 Å². The number of aromatic hydroxyl groups is 1. The van der Waals surface area contributed by atoms with Gasteiger partial charge in [-0.2, -0.15) is 0 Å². The first-order chi connectivity index (χ1) is 16.8. The van der Waals surface area contributed by atoms with Gasteiger partial charge in [-0.15, -0.1) is 0 Å². The number of aliphatic imine (C=N–C) groups is 1. The van der Waals surface area contributed by atoms with Crippen LogP contribution >= 0.6 is 0 Å². The molecule has 36 heavy (non-hydrogen) atoms. The van der Waals surface area contributed by atoms with E-state index < -0.39 is 0 Å². The van der Waals surface area contributed by atoms with Gasteiger partial charge in [0.2, 0.25) is 0 Å². The van der Waals surface area contributed by atoms with E-state index >= 15 is 0 Å². The second kappa shape index (κ2) is 8.30. The number of pyridine rings is 1. The summed E-state index contributed by atoms with van der Waals surface area (Å²) in [6.07, 6.45) is 3.06. The number of rotatable bonds is 3. The van der Waals surface area contributed by atoms with E-state index in [1.165, 1.54) is 11.1 Å². The number of hydrogen-bond donors (Lipinski definition) is 1. The Morgan fingerprint density at radius 3 is 2.25 bits per heavy atom. The van der Waals surface area contributed by atoms with Crippen LogP contribution in [0, 0.1) is 11.3 Å². The smallest absolute Gasteiger partial charge is 0.128 e. The van der Waals surface area contributed by atoms with Crippen LogP contribution < -0.4 is 0 Å². The number of hydrogen-bond acceptors (Lipinski definition) is 3. The zero-order valence-electron chi connectivity index (χ0n) is 23.1. The van der Waals surface area contributed by atoms with Gasteiger partial charge in [-0.1, -0.05) is 97.9 Å². The van der Waals surface area contributed by atoms with Crippen molar-refractivity contribution in [3.8, 4) is 17.0 Å². The third kappa shape index (κ3) is 4.07. The van der Waals surface area contributed by atoms with Gasteiger partial charge >= 0.3 is 0 Å². The van der Waals surface area contributed by atoms with Crippen LogP contribution in [0.15, 0.2) is 59.6 Å². The van der Waals surface area contributed by atoms with E-state index in [0.717, 1.165) is 34.5 Å². The van der Waals surface area contributed by atoms with Crippen molar-refractivity contribution in [2.24, 2.45) is 16.3 Å². The molecule has 1 aromatic heterocycles. The van der Waals surface area contributed by atoms with E-state index in [-0.39, 0.29) is 22.3 Å². The summed E-state index contributed by atoms with van der Waals surface area (Å²) in [5, 5.41) is 11.3. The van der Waals surface area contributed by atoms with Crippen molar-refractivity contribution < 1.29 is 5.11 Å². The Bertz CT molecular complexity index is 1320. The van der Waals surface area contributed by atoms with Crippen LogP contribution in [0.25, 0.3) is 11.3 Å². The fraction of sp³-hybridized carbons (Fsp3) is 0.455. The summed E-state index contributed by atoms with van der Waals surface area (Å²) in [6.45, 7) is 17.9. The number of nitrogens with zero attached hydrogens (tertiary/aromatic N) is 2. The highest BCUT2D eigenvalue weighted by Crippen LogP contribution is 2.66. The molecule has 0 unspecified atom stereocenters. The quantitative estimate of drug-likeness (QED) is 0.383. The molecule has 1 saturated carbocycles. The molecular weight excluding hydrogens is 440 g/mol. The maximum absolute atomic E-state index is 11.3. The highest BCUT2D eigenvalue weighted by Gasteiger charge is 2.57. The monoisotopic (exact) mass is 480 g/mol. The molecule has 0 spiro atoms. The highest BCUT2D eigenvalue weighted by atomic mass is 16.3. The molecule has 3 aromatic rings. The molecule has 6 rings (SSSR count). The Balaban J connectivity index is 1.61. The van der Waals surface area contributed by atoms with Crippen molar-refractivity contribution in [3.63, 3.8) is 0 Å². The lowest BCUT2D eigenvalue weighted by Gasteiger charge is -2.59. The summed E-state index contributed by atoms with van der Waals surface area (Å²) in [5.41, 5.74) is 7.56. The van der Waals surface area contributed by atoms with Crippen molar-refractivity contribution in [1.82, 2.24) is 4.98 Å². The molecule has 1 N–H and O–H groups in total. The fourth-order valence-corrected chi connectivity index (χ4v) is 6.10. The molecular formula is C33H40N2O. The van der Waals surface area contributed by atoms with Crippen molar-refractivity contribution in [3.05, 3.63) is 82.5 Å². The van der Waals surface area contributed by atoms with Crippen molar-refractivity contribution in [1.29, 1.82) is 0 Å². The van der Waals surface area contributed by atoms with Gasteiger partial charge < -0.3 is 5.11 Å². The van der Waals surface area contributed by atoms with Crippen LogP contribution in [0.5, 0.6) is 5.75 Å². The fourth-order valence-electron chi connectivity index (χ4n) is 6.10. The number of phenolic OH excluding ortho intramolecular Hbond substituents is 1. The van der Waals surface area contributed by atoms with Gasteiger partial charge in [0, 0.05) is 22.9 Å². The molecule has 3 heteroatoms. The summed E-state index contributed by atoms with van der Waals surface area (Å²) >= 11 is 0. The highest BCUT2D eigenvalue weighted by molar-refractivity contribution is 5.85. The lowest BCUT2D eigenvalue weighted by atomic mass is 9.46. The summed E-state index contributed by atoms with van der Waals surface area (Å²) in [6, 6.07) is 19.1. The van der Waals surface area contributed by atoms with Gasteiger partial charge in [-0.05, 0) is 57.8 Å². The maximum atomic E-state index is 11.3. The number of aromatic nitrogens is 1. The van der Waals surface area contributed by atoms with Crippen LogP contribution in [-0.2, 0) is 10.8 Å². The molecule has 3 aliphatic carbocycles. The summed E-state index contributed by atoms with van der Waals surface area (Å²) < 4.78 is 0. The zero-order valence-corrected chi connectivity index (χ0v) is 23.1. The number of benzene rings is 2. The Morgan fingerprint density at radius 1 is 0.944 bits per heavy atom. The minimum Gasteiger partial charge on any atom is -0.507 e. The molecule has 3 atom stereocenters. The van der Waals surface area contributed by atoms with E-state index in [2.05, 4.69) is 104 Å². The van der Waals surface area contributed by atoms with E-state index in [1.54, 1.807) is 0 Å². The number of phenols is 1. The van der Waals surface area contributed by atoms with Gasteiger partial charge in [0.1, 0.15) is 5.75 Å². The molecule has 1 heterocycles. The average Bonchev–Trinajstić information content (AvgIpc) is 2.81. The first kappa shape index (κ1) is 24.7. The van der Waals surface area contributed by atoms with Crippen molar-refractivity contribution in [2.75, 3.05) is 0 Å². The van der Waals surface area contributed by atoms with Crippen LogP contribution in [0.3, 0.4) is 0 Å². The third-order valence-corrected chi connectivity index (χ3v) is 8.59. The first-order valence-corrected chi connectivity index (χ1v) is 13.3. The van der Waals surface area contributed by atoms with Crippen LogP contribution in [-0.4, -0.2) is 16.3 Å². The lowest BCUT2D eigenvalue weighted by molar-refractivity contribution is -0.00505. The average molecular weight is 481 g/mol. The predicted octanol–water partition coefficient (Wildman–Crippen LogP) is 8.35. The normalized spacial score (nSPS) is 22.8. The summed E-state index contributed by atoms with van der Waals surface area (Å²) in [4.78, 5) is 10.4. The van der Waals surface area contributed by atoms with Gasteiger partial charge in [-0.3, -0.25) is 9.98 Å². The SMILES string of the molecule is CC(C)(C)c1cc(C=N[C@H]2c3nc(-c4ccccc4)ccc3[C@H]3C[C@@H]2C3(C)C)c(O)c(C(C)(C)C)c1. The van der Waals surface area contributed by atoms with Crippen molar-refractivity contribution in [2.45, 2.75) is 84.6 Å². The Hall–Kier alpha value is -2.94. The van der Waals surface area contributed by atoms with Gasteiger partial charge in [0.25, 0.3) is 0 Å². The topological polar surface area (TPSA) is 45.5 Å². The Morgan fingerprint density at radius 2 is 1.64 bits per heavy atom. The predicted molar refractivity (Wildman–Crippen MR) is 150 cm³/mol. The van der Waals surface area contributed by atoms with Gasteiger partial charge in [-0.25, -0.2) is 0 Å². The zero-order chi connectivity index (χ0) is 26.0. The second-order valence-electron chi connectivity index (χ2n) is 13.4. The molecule has 0 radical (unpaired) electrons. The Kier molecular flexibility index (Phi) is 5.70. The van der Waals surface area contributed by atoms with Crippen LogP contribution in [0.2, 0.25) is 0 Å². The molecule has 188 valence electrons. The molecule has 0 aliphatic heterocycles. The summed E-state index contributed by atoms with van der Waals surface area (Å²) in [5.74, 6) is 1.32. The second-order valence-corrected chi connectivity index (χ2v) is 13.4. The summed E-state index contributed by atoms with van der Waals surface area (Å²) in [7, 11) is 0. The van der Waals surface area contributed by atoms with E-state index in [0.29, 0.717) is 17.6 Å². The molecule has 2 bridgehead atoms. The van der Waals surface area contributed by atoms with Gasteiger partial charge in [0.15, 0.2) is 0 Å². The third-order valence-electron chi connectivity index (χ3n) is 8.59. The van der Waals surface area contributed by atoms with Crippen LogP contribution in [0.4, 0.5) is 0 Å². The molecule has 3 aliphatic rings. The standard InChI is InChI=1S/C33H40N2O/c1-31(2,3)22-16-21(30(36)26(17-22)32(4,5)6)19-34-29-25-18-24(33(25,7)8)23-14-15-27(35-28(23)29)20-12-10-9-11-13-20/h9-17,19,24-25,29,36H,18H2,1-8H3/t24-,25+,29-/m1/s1. The maximum Gasteiger partial charge on any atom is 0.128 e. The van der Waals surface area contributed by atoms with Crippen LogP contribution in [0.1, 0.15) is 102 Å². The minimum absolute atomic E-state index is 0.0144. The molecule has 0 saturated heterocycles. The molecule has 2 aromatic carbocycles. The first-order valence-electron chi connectivity index (χ1n) is 13.3. The molecule has 3 nitrogen and oxygen atoms in total. The van der Waals surface area contributed by atoms with Crippen molar-refractivity contribution >= 4 is 6.21 Å². The Labute approximate surface area is 216 Å². The minimum atomic E-state index is -0.166. The molecule has 0 amide bonds. The van der Waals surface area contributed by atoms with E-state index in [1.807, 2.05) is 12.3 Å². The van der Waals surface area contributed by atoms with E-state index in [4.69, 9.17) is 9.98 Å².